The second-order valence-electron chi connectivity index (χ2n) is 6.21. The fourth-order valence-corrected chi connectivity index (χ4v) is 3.27. The Morgan fingerprint density at radius 2 is 2.00 bits per heavy atom. The SMILES string of the molecule is C[C@@H](NC(=O)O)C(=O)N[C@H]1CC[C@H](Oc2cc(=O)n(C)cc2Br)CC1. The van der Waals surface area contributed by atoms with Gasteiger partial charge in [-0.15, -0.1) is 0 Å². The summed E-state index contributed by atoms with van der Waals surface area (Å²) in [6.07, 6.45) is 3.38. The first-order valence-corrected chi connectivity index (χ1v) is 8.88. The summed E-state index contributed by atoms with van der Waals surface area (Å²) >= 11 is 3.39. The number of amides is 2. The highest BCUT2D eigenvalue weighted by atomic mass is 79.9. The first-order chi connectivity index (χ1) is 11.8. The summed E-state index contributed by atoms with van der Waals surface area (Å²) in [4.78, 5) is 34.2. The summed E-state index contributed by atoms with van der Waals surface area (Å²) < 4.78 is 8.10. The number of aryl methyl sites for hydroxylation is 1. The molecule has 3 N–H and O–H groups in total. The molecule has 1 aliphatic carbocycles. The van der Waals surface area contributed by atoms with E-state index in [-0.39, 0.29) is 23.6 Å². The van der Waals surface area contributed by atoms with Crippen LogP contribution >= 0.6 is 15.9 Å². The third kappa shape index (κ3) is 5.48. The van der Waals surface area contributed by atoms with Gasteiger partial charge in [0.25, 0.3) is 5.56 Å². The lowest BCUT2D eigenvalue weighted by molar-refractivity contribution is -0.123. The topological polar surface area (TPSA) is 110 Å². The van der Waals surface area contributed by atoms with E-state index < -0.39 is 12.1 Å². The molecule has 1 fully saturated rings. The molecule has 138 valence electrons. The minimum atomic E-state index is -1.22. The zero-order chi connectivity index (χ0) is 18.6. The molecule has 0 spiro atoms. The van der Waals surface area contributed by atoms with E-state index in [0.29, 0.717) is 5.75 Å². The van der Waals surface area contributed by atoms with E-state index in [0.717, 1.165) is 30.2 Å². The Labute approximate surface area is 153 Å². The smallest absolute Gasteiger partial charge is 0.405 e. The number of carbonyl (C=O) groups is 2. The lowest BCUT2D eigenvalue weighted by Crippen LogP contribution is -2.49. The van der Waals surface area contributed by atoms with Gasteiger partial charge in [0.1, 0.15) is 11.8 Å². The van der Waals surface area contributed by atoms with Crippen molar-refractivity contribution >= 4 is 27.9 Å². The van der Waals surface area contributed by atoms with E-state index in [1.807, 2.05) is 0 Å². The van der Waals surface area contributed by atoms with E-state index in [2.05, 4.69) is 26.6 Å². The van der Waals surface area contributed by atoms with Crippen molar-refractivity contribution < 1.29 is 19.4 Å². The molecule has 25 heavy (non-hydrogen) atoms. The number of nitrogens with zero attached hydrogens (tertiary/aromatic N) is 1. The Bertz CT molecular complexity index is 698. The number of rotatable bonds is 5. The van der Waals surface area contributed by atoms with Gasteiger partial charge in [0.15, 0.2) is 0 Å². The van der Waals surface area contributed by atoms with Crippen molar-refractivity contribution in [3.05, 3.63) is 27.1 Å². The minimum absolute atomic E-state index is 0.00233. The molecule has 0 aliphatic heterocycles. The Balaban J connectivity index is 1.84. The maximum Gasteiger partial charge on any atom is 0.405 e. The van der Waals surface area contributed by atoms with Crippen LogP contribution in [0.4, 0.5) is 4.79 Å². The van der Waals surface area contributed by atoms with Crippen LogP contribution in [0.1, 0.15) is 32.6 Å². The highest BCUT2D eigenvalue weighted by molar-refractivity contribution is 9.10. The number of carbonyl (C=O) groups excluding carboxylic acids is 1. The highest BCUT2D eigenvalue weighted by Crippen LogP contribution is 2.28. The second-order valence-corrected chi connectivity index (χ2v) is 7.06. The zero-order valence-corrected chi connectivity index (χ0v) is 15.7. The molecule has 2 amide bonds. The normalized spacial score (nSPS) is 21.2. The summed E-state index contributed by atoms with van der Waals surface area (Å²) in [6.45, 7) is 1.51. The van der Waals surface area contributed by atoms with Gasteiger partial charge in [-0.05, 0) is 48.5 Å². The fourth-order valence-electron chi connectivity index (χ4n) is 2.75. The van der Waals surface area contributed by atoms with Crippen LogP contribution in [-0.4, -0.2) is 39.9 Å². The van der Waals surface area contributed by atoms with Gasteiger partial charge in [0, 0.05) is 25.4 Å². The monoisotopic (exact) mass is 415 g/mol. The number of hydrogen-bond donors (Lipinski definition) is 3. The highest BCUT2D eigenvalue weighted by Gasteiger charge is 2.26. The van der Waals surface area contributed by atoms with Crippen LogP contribution in [0.25, 0.3) is 0 Å². The Kier molecular flexibility index (Phi) is 6.46. The number of carboxylic acid groups (broad SMARTS) is 1. The summed E-state index contributed by atoms with van der Waals surface area (Å²) in [5, 5.41) is 13.6. The van der Waals surface area contributed by atoms with Crippen LogP contribution in [0, 0.1) is 0 Å². The molecule has 0 bridgehead atoms. The maximum atomic E-state index is 11.9. The predicted molar refractivity (Wildman–Crippen MR) is 94.8 cm³/mol. The Hall–Kier alpha value is -2.03. The lowest BCUT2D eigenvalue weighted by Gasteiger charge is -2.30. The number of ether oxygens (including phenoxy) is 1. The summed E-state index contributed by atoms with van der Waals surface area (Å²) in [5.74, 6) is 0.191. The van der Waals surface area contributed by atoms with E-state index in [1.165, 1.54) is 17.6 Å². The van der Waals surface area contributed by atoms with E-state index in [1.54, 1.807) is 13.2 Å². The summed E-state index contributed by atoms with van der Waals surface area (Å²) in [7, 11) is 1.67. The molecule has 1 heterocycles. The minimum Gasteiger partial charge on any atom is -0.489 e. The number of nitrogens with one attached hydrogen (secondary N) is 2. The van der Waals surface area contributed by atoms with E-state index in [9.17, 15) is 14.4 Å². The van der Waals surface area contributed by atoms with Crippen LogP contribution in [-0.2, 0) is 11.8 Å². The molecule has 1 aromatic rings. The van der Waals surface area contributed by atoms with Gasteiger partial charge in [0.05, 0.1) is 10.6 Å². The maximum absolute atomic E-state index is 11.9. The third-order valence-electron chi connectivity index (χ3n) is 4.19. The molecular weight excluding hydrogens is 394 g/mol. The zero-order valence-electron chi connectivity index (χ0n) is 14.1. The molecule has 1 saturated carbocycles. The van der Waals surface area contributed by atoms with Gasteiger partial charge in [0.2, 0.25) is 5.91 Å². The quantitative estimate of drug-likeness (QED) is 0.676. The summed E-state index contributed by atoms with van der Waals surface area (Å²) in [5.41, 5.74) is -0.140. The Morgan fingerprint density at radius 1 is 1.36 bits per heavy atom. The van der Waals surface area contributed by atoms with Crippen molar-refractivity contribution in [3.63, 3.8) is 0 Å². The van der Waals surface area contributed by atoms with Crippen molar-refractivity contribution in [1.29, 1.82) is 0 Å². The molecule has 9 heteroatoms. The molecule has 1 atom stereocenters. The average Bonchev–Trinajstić information content (AvgIpc) is 2.53. The molecule has 0 unspecified atom stereocenters. The van der Waals surface area contributed by atoms with Crippen molar-refractivity contribution in [3.8, 4) is 5.75 Å². The standard InChI is InChI=1S/C16H22BrN3O5/c1-9(18-16(23)24)15(22)19-10-3-5-11(6-4-10)25-13-7-14(21)20(2)8-12(13)17/h7-11,18H,3-6H2,1-2H3,(H,19,22)(H,23,24)/t9-,10-,11-/m1/s1. The van der Waals surface area contributed by atoms with E-state index in [4.69, 9.17) is 9.84 Å². The van der Waals surface area contributed by atoms with Gasteiger partial charge in [-0.1, -0.05) is 0 Å². The number of pyridine rings is 1. The molecule has 1 aliphatic rings. The number of hydrogen-bond acceptors (Lipinski definition) is 4. The van der Waals surface area contributed by atoms with Crippen LogP contribution in [0.15, 0.2) is 21.5 Å². The molecule has 1 aromatic heterocycles. The largest absolute Gasteiger partial charge is 0.489 e. The van der Waals surface area contributed by atoms with Gasteiger partial charge in [-0.2, -0.15) is 0 Å². The molecular formula is C16H22BrN3O5. The summed E-state index contributed by atoms with van der Waals surface area (Å²) in [6, 6.07) is 0.664. The van der Waals surface area contributed by atoms with Gasteiger partial charge in [-0.25, -0.2) is 4.79 Å². The van der Waals surface area contributed by atoms with Crippen LogP contribution in [0.2, 0.25) is 0 Å². The first-order valence-electron chi connectivity index (χ1n) is 8.09. The number of aromatic nitrogens is 1. The third-order valence-corrected chi connectivity index (χ3v) is 4.79. The average molecular weight is 416 g/mol. The molecule has 0 aromatic carbocycles. The van der Waals surface area contributed by atoms with Gasteiger partial charge < -0.3 is 25.0 Å². The van der Waals surface area contributed by atoms with Crippen LogP contribution in [0.3, 0.4) is 0 Å². The lowest BCUT2D eigenvalue weighted by atomic mass is 9.92. The molecule has 2 rings (SSSR count). The van der Waals surface area contributed by atoms with Gasteiger partial charge in [-0.3, -0.25) is 9.59 Å². The van der Waals surface area contributed by atoms with Crippen LogP contribution < -0.4 is 20.9 Å². The van der Waals surface area contributed by atoms with Crippen molar-refractivity contribution in [2.24, 2.45) is 7.05 Å². The fraction of sp³-hybridized carbons (Fsp3) is 0.562. The molecule has 0 radical (unpaired) electrons. The van der Waals surface area contributed by atoms with Crippen LogP contribution in [0.5, 0.6) is 5.75 Å². The van der Waals surface area contributed by atoms with Crippen molar-refractivity contribution in [1.82, 2.24) is 15.2 Å². The van der Waals surface area contributed by atoms with E-state index >= 15 is 0 Å². The second kappa shape index (κ2) is 8.37. The van der Waals surface area contributed by atoms with Crippen molar-refractivity contribution in [2.75, 3.05) is 0 Å². The molecule has 8 nitrogen and oxygen atoms in total. The number of halogens is 1. The van der Waals surface area contributed by atoms with Gasteiger partial charge >= 0.3 is 6.09 Å². The first kappa shape index (κ1) is 19.3. The Morgan fingerprint density at radius 3 is 2.60 bits per heavy atom. The van der Waals surface area contributed by atoms with Crippen molar-refractivity contribution in [2.45, 2.75) is 50.8 Å². The predicted octanol–water partition coefficient (Wildman–Crippen LogP) is 1.61. The molecule has 0 saturated heterocycles.